The highest BCUT2D eigenvalue weighted by Gasteiger charge is 2.21. The van der Waals surface area contributed by atoms with Crippen LogP contribution < -0.4 is 21.0 Å². The van der Waals surface area contributed by atoms with E-state index < -0.39 is 36.7 Å². The zero-order chi connectivity index (χ0) is 24.9. The average molecular weight is 497 g/mol. The van der Waals surface area contributed by atoms with Gasteiger partial charge in [-0.1, -0.05) is 41.9 Å². The van der Waals surface area contributed by atoms with Crippen LogP contribution in [0.1, 0.15) is 5.56 Å². The van der Waals surface area contributed by atoms with Crippen molar-refractivity contribution < 1.29 is 23.8 Å². The molecular weight excluding hydrogens is 476 g/mol. The largest absolute Gasteiger partial charge is 0.484 e. The van der Waals surface area contributed by atoms with E-state index in [0.717, 1.165) is 5.56 Å². The summed E-state index contributed by atoms with van der Waals surface area (Å²) in [7, 11) is 0. The molecule has 2 aromatic heterocycles. The molecule has 0 aliphatic heterocycles. The number of aryl methyl sites for hydroxylation is 1. The molecule has 0 saturated heterocycles. The van der Waals surface area contributed by atoms with E-state index in [2.05, 4.69) is 20.8 Å². The second kappa shape index (κ2) is 10.4. The van der Waals surface area contributed by atoms with Gasteiger partial charge in [0.25, 0.3) is 11.8 Å². The number of carbonyl (C=O) groups is 2. The first kappa shape index (κ1) is 24.0. The van der Waals surface area contributed by atoms with Crippen LogP contribution in [-0.4, -0.2) is 46.4 Å². The fourth-order valence-corrected chi connectivity index (χ4v) is 3.49. The van der Waals surface area contributed by atoms with Crippen LogP contribution in [0.2, 0.25) is 5.02 Å². The van der Waals surface area contributed by atoms with Crippen LogP contribution in [0.4, 0.5) is 5.82 Å². The minimum Gasteiger partial charge on any atom is -0.484 e. The zero-order valence-electron chi connectivity index (χ0n) is 18.5. The molecule has 4 N–H and O–H groups in total. The SMILES string of the molecule is Cc1c(Cl)c(=O)oc2cc(OCC(=O)NC(CO)C(=O)Nc3cc(-c4ccccc4)[nH]n3)ccc12. The number of aromatic amines is 1. The Bertz CT molecular complexity index is 1430. The Kier molecular flexibility index (Phi) is 7.14. The summed E-state index contributed by atoms with van der Waals surface area (Å²) in [6, 6.07) is 14.5. The first-order valence-corrected chi connectivity index (χ1v) is 10.9. The molecule has 10 nitrogen and oxygen atoms in total. The van der Waals surface area contributed by atoms with E-state index in [4.69, 9.17) is 20.8 Å². The normalized spacial score (nSPS) is 11.7. The summed E-state index contributed by atoms with van der Waals surface area (Å²) in [6.45, 7) is 0.627. The number of nitrogens with zero attached hydrogens (tertiary/aromatic N) is 1. The number of amides is 2. The van der Waals surface area contributed by atoms with Gasteiger partial charge in [0.15, 0.2) is 12.4 Å². The standard InChI is InChI=1S/C24H21ClN4O6/c1-13-16-8-7-15(9-19(16)35-24(33)22(13)25)34-12-21(31)26-18(11-30)23(32)27-20-10-17(28-29-20)14-5-3-2-4-6-14/h2-10,18,30H,11-12H2,1H3,(H,26,31)(H2,27,28,29,32). The molecule has 0 bridgehead atoms. The van der Waals surface area contributed by atoms with Gasteiger partial charge in [-0.2, -0.15) is 5.10 Å². The molecule has 2 heterocycles. The van der Waals surface area contributed by atoms with E-state index >= 15 is 0 Å². The van der Waals surface area contributed by atoms with E-state index in [9.17, 15) is 19.5 Å². The van der Waals surface area contributed by atoms with Gasteiger partial charge in [0, 0.05) is 17.5 Å². The summed E-state index contributed by atoms with van der Waals surface area (Å²) < 4.78 is 10.6. The van der Waals surface area contributed by atoms with E-state index in [1.165, 1.54) is 6.07 Å². The number of hydrogen-bond donors (Lipinski definition) is 4. The number of anilines is 1. The molecular formula is C24H21ClN4O6. The third kappa shape index (κ3) is 5.51. The quantitative estimate of drug-likeness (QED) is 0.274. The molecule has 0 spiro atoms. The van der Waals surface area contributed by atoms with E-state index in [0.29, 0.717) is 16.6 Å². The summed E-state index contributed by atoms with van der Waals surface area (Å²) in [5, 5.41) is 22.0. The maximum atomic E-state index is 12.5. The van der Waals surface area contributed by atoms with E-state index in [1.807, 2.05) is 30.3 Å². The number of halogens is 1. The Morgan fingerprint density at radius 3 is 2.71 bits per heavy atom. The van der Waals surface area contributed by atoms with Crippen molar-refractivity contribution in [3.05, 3.63) is 75.6 Å². The van der Waals surface area contributed by atoms with Crippen molar-refractivity contribution in [1.82, 2.24) is 15.5 Å². The minimum absolute atomic E-state index is 0.00463. The van der Waals surface area contributed by atoms with Gasteiger partial charge in [-0.25, -0.2) is 4.79 Å². The second-order valence-electron chi connectivity index (χ2n) is 7.60. The highest BCUT2D eigenvalue weighted by atomic mass is 35.5. The zero-order valence-corrected chi connectivity index (χ0v) is 19.3. The molecule has 4 rings (SSSR count). The maximum Gasteiger partial charge on any atom is 0.355 e. The van der Waals surface area contributed by atoms with Gasteiger partial charge in [0.1, 0.15) is 22.4 Å². The molecule has 2 aromatic carbocycles. The van der Waals surface area contributed by atoms with Crippen molar-refractivity contribution in [2.45, 2.75) is 13.0 Å². The van der Waals surface area contributed by atoms with Gasteiger partial charge in [0.2, 0.25) is 0 Å². The lowest BCUT2D eigenvalue weighted by Crippen LogP contribution is -2.47. The van der Waals surface area contributed by atoms with Crippen LogP contribution in [0, 0.1) is 6.92 Å². The molecule has 4 aromatic rings. The lowest BCUT2D eigenvalue weighted by atomic mass is 10.1. The van der Waals surface area contributed by atoms with Crippen LogP contribution in [0.25, 0.3) is 22.2 Å². The van der Waals surface area contributed by atoms with Gasteiger partial charge >= 0.3 is 5.63 Å². The van der Waals surface area contributed by atoms with Crippen LogP contribution in [0.15, 0.2) is 63.8 Å². The van der Waals surface area contributed by atoms with Gasteiger partial charge < -0.3 is 24.9 Å². The lowest BCUT2D eigenvalue weighted by molar-refractivity contribution is -0.128. The first-order chi connectivity index (χ1) is 16.9. The number of aromatic nitrogens is 2. The fraction of sp³-hybridized carbons (Fsp3) is 0.167. The number of benzene rings is 2. The number of carbonyl (C=O) groups excluding carboxylic acids is 2. The average Bonchev–Trinajstić information content (AvgIpc) is 3.33. The molecule has 1 atom stereocenters. The molecule has 0 aliphatic rings. The molecule has 2 amide bonds. The smallest absolute Gasteiger partial charge is 0.355 e. The third-order valence-electron chi connectivity index (χ3n) is 5.19. The topological polar surface area (TPSA) is 147 Å². The van der Waals surface area contributed by atoms with Crippen LogP contribution in [-0.2, 0) is 9.59 Å². The summed E-state index contributed by atoms with van der Waals surface area (Å²) in [5.41, 5.74) is 1.75. The number of rotatable bonds is 8. The van der Waals surface area contributed by atoms with Crippen molar-refractivity contribution in [1.29, 1.82) is 0 Å². The maximum absolute atomic E-state index is 12.5. The molecule has 0 saturated carbocycles. The Morgan fingerprint density at radius 2 is 1.97 bits per heavy atom. The van der Waals surface area contributed by atoms with Crippen LogP contribution in [0.5, 0.6) is 5.75 Å². The highest BCUT2D eigenvalue weighted by molar-refractivity contribution is 6.31. The second-order valence-corrected chi connectivity index (χ2v) is 7.98. The van der Waals surface area contributed by atoms with E-state index in [-0.39, 0.29) is 22.2 Å². The van der Waals surface area contributed by atoms with Crippen LogP contribution >= 0.6 is 11.6 Å². The van der Waals surface area contributed by atoms with Crippen molar-refractivity contribution >= 4 is 40.2 Å². The van der Waals surface area contributed by atoms with Gasteiger partial charge in [-0.05, 0) is 30.2 Å². The predicted molar refractivity (Wildman–Crippen MR) is 129 cm³/mol. The number of hydrogen-bond acceptors (Lipinski definition) is 7. The monoisotopic (exact) mass is 496 g/mol. The predicted octanol–water partition coefficient (Wildman–Crippen LogP) is 2.64. The molecule has 35 heavy (non-hydrogen) atoms. The summed E-state index contributed by atoms with van der Waals surface area (Å²) in [6.07, 6.45) is 0. The van der Waals surface area contributed by atoms with Gasteiger partial charge in [-0.3, -0.25) is 14.7 Å². The van der Waals surface area contributed by atoms with Crippen molar-refractivity contribution in [2.24, 2.45) is 0 Å². The number of aliphatic hydroxyl groups is 1. The summed E-state index contributed by atoms with van der Waals surface area (Å²) >= 11 is 5.92. The molecule has 1 unspecified atom stereocenters. The number of H-pyrrole nitrogens is 1. The van der Waals surface area contributed by atoms with Crippen molar-refractivity contribution in [3.63, 3.8) is 0 Å². The minimum atomic E-state index is -1.22. The van der Waals surface area contributed by atoms with E-state index in [1.54, 1.807) is 25.1 Å². The molecule has 11 heteroatoms. The number of nitrogens with one attached hydrogen (secondary N) is 3. The molecule has 0 fully saturated rings. The molecule has 0 radical (unpaired) electrons. The lowest BCUT2D eigenvalue weighted by Gasteiger charge is -2.15. The van der Waals surface area contributed by atoms with Gasteiger partial charge in [-0.15, -0.1) is 0 Å². The summed E-state index contributed by atoms with van der Waals surface area (Å²) in [5.74, 6) is -0.773. The van der Waals surface area contributed by atoms with Gasteiger partial charge in [0.05, 0.1) is 12.3 Å². The van der Waals surface area contributed by atoms with Crippen molar-refractivity contribution in [2.75, 3.05) is 18.5 Å². The van der Waals surface area contributed by atoms with Crippen LogP contribution in [0.3, 0.4) is 0 Å². The third-order valence-corrected chi connectivity index (χ3v) is 5.62. The number of ether oxygens (including phenoxy) is 1. The molecule has 0 aliphatic carbocycles. The van der Waals surface area contributed by atoms with Crippen molar-refractivity contribution in [3.8, 4) is 17.0 Å². The Morgan fingerprint density at radius 1 is 1.20 bits per heavy atom. The first-order valence-electron chi connectivity index (χ1n) is 10.5. The fourth-order valence-electron chi connectivity index (χ4n) is 3.35. The Labute approximate surface area is 203 Å². The number of fused-ring (bicyclic) bond motifs is 1. The number of aliphatic hydroxyl groups excluding tert-OH is 1. The summed E-state index contributed by atoms with van der Waals surface area (Å²) in [4.78, 5) is 36.6. The Balaban J connectivity index is 1.34. The Hall–Kier alpha value is -4.15. The highest BCUT2D eigenvalue weighted by Crippen LogP contribution is 2.26. The molecule has 180 valence electrons.